The third-order valence-corrected chi connectivity index (χ3v) is 4.47. The van der Waals surface area contributed by atoms with Crippen molar-refractivity contribution in [2.75, 3.05) is 25.9 Å². The van der Waals surface area contributed by atoms with E-state index >= 15 is 0 Å². The molecule has 0 aliphatic carbocycles. The number of hydrogen-bond donors (Lipinski definition) is 1. The zero-order valence-electron chi connectivity index (χ0n) is 12.1. The number of carbonyl (C=O) groups is 2. The van der Waals surface area contributed by atoms with E-state index in [9.17, 15) is 18.0 Å². The molecule has 0 atom stereocenters. The summed E-state index contributed by atoms with van der Waals surface area (Å²) in [7, 11) is -2.00. The van der Waals surface area contributed by atoms with Crippen molar-refractivity contribution < 1.29 is 23.1 Å². The van der Waals surface area contributed by atoms with Gasteiger partial charge in [-0.3, -0.25) is 9.59 Å². The van der Waals surface area contributed by atoms with Crippen molar-refractivity contribution in [3.05, 3.63) is 23.9 Å². The van der Waals surface area contributed by atoms with Crippen LogP contribution in [-0.4, -0.2) is 66.9 Å². The lowest BCUT2D eigenvalue weighted by atomic mass is 10.1. The van der Waals surface area contributed by atoms with Crippen LogP contribution in [0.3, 0.4) is 0 Å². The predicted molar refractivity (Wildman–Crippen MR) is 79.7 cm³/mol. The Bertz CT molecular complexity index is 678. The molecule has 0 saturated carbocycles. The second-order valence-electron chi connectivity index (χ2n) is 5.04. The highest BCUT2D eigenvalue weighted by molar-refractivity contribution is 7.90. The molecule has 120 valence electrons. The minimum atomic E-state index is -3.55. The summed E-state index contributed by atoms with van der Waals surface area (Å²) >= 11 is 0. The summed E-state index contributed by atoms with van der Waals surface area (Å²) in [5, 5.41) is 8.61. The maximum Gasteiger partial charge on any atom is 0.303 e. The molecular weight excluding hydrogens is 310 g/mol. The number of carboxylic acids is 1. The van der Waals surface area contributed by atoms with Crippen LogP contribution in [0.2, 0.25) is 0 Å². The van der Waals surface area contributed by atoms with Crippen LogP contribution >= 0.6 is 0 Å². The highest BCUT2D eigenvalue weighted by Crippen LogP contribution is 2.19. The summed E-state index contributed by atoms with van der Waals surface area (Å²) in [6, 6.07) is 0. The van der Waals surface area contributed by atoms with Gasteiger partial charge in [0.15, 0.2) is 5.84 Å². The lowest BCUT2D eigenvalue weighted by Crippen LogP contribution is -2.42. The van der Waals surface area contributed by atoms with Crippen molar-refractivity contribution in [3.8, 4) is 0 Å². The average Bonchev–Trinajstić information content (AvgIpc) is 2.44. The Hall–Kier alpha value is -2.16. The molecule has 8 nitrogen and oxygen atoms in total. The topological polar surface area (TPSA) is 107 Å². The van der Waals surface area contributed by atoms with Crippen molar-refractivity contribution >= 4 is 27.7 Å². The molecule has 1 N–H and O–H groups in total. The molecular formula is C13H17N3O5S. The Labute approximate surface area is 128 Å². The van der Waals surface area contributed by atoms with Gasteiger partial charge in [-0.15, -0.1) is 4.40 Å². The Morgan fingerprint density at radius 1 is 1.45 bits per heavy atom. The van der Waals surface area contributed by atoms with Crippen molar-refractivity contribution in [2.24, 2.45) is 4.40 Å². The van der Waals surface area contributed by atoms with E-state index in [1.165, 1.54) is 11.0 Å². The van der Waals surface area contributed by atoms with Gasteiger partial charge in [0.05, 0.1) is 11.3 Å². The van der Waals surface area contributed by atoms with Crippen molar-refractivity contribution in [1.82, 2.24) is 9.80 Å². The first-order chi connectivity index (χ1) is 10.3. The third kappa shape index (κ3) is 3.73. The summed E-state index contributed by atoms with van der Waals surface area (Å²) in [4.78, 5) is 25.9. The van der Waals surface area contributed by atoms with Crippen LogP contribution in [0.5, 0.6) is 0 Å². The molecule has 0 fully saturated rings. The minimum absolute atomic E-state index is 0.0297. The first kappa shape index (κ1) is 16.2. The Morgan fingerprint density at radius 2 is 2.18 bits per heavy atom. The van der Waals surface area contributed by atoms with Gasteiger partial charge in [-0.2, -0.15) is 0 Å². The molecule has 2 aliphatic rings. The van der Waals surface area contributed by atoms with Gasteiger partial charge in [-0.05, 0) is 18.6 Å². The summed E-state index contributed by atoms with van der Waals surface area (Å²) < 4.78 is 27.0. The predicted octanol–water partition coefficient (Wildman–Crippen LogP) is -0.193. The summed E-state index contributed by atoms with van der Waals surface area (Å²) in [5.74, 6) is -1.26. The molecule has 0 aromatic carbocycles. The number of carboxylic acid groups (broad SMARTS) is 1. The summed E-state index contributed by atoms with van der Waals surface area (Å²) in [6.07, 6.45) is 5.16. The van der Waals surface area contributed by atoms with E-state index in [-0.39, 0.29) is 42.6 Å². The molecule has 2 heterocycles. The van der Waals surface area contributed by atoms with Gasteiger partial charge in [0, 0.05) is 32.8 Å². The molecule has 22 heavy (non-hydrogen) atoms. The van der Waals surface area contributed by atoms with E-state index in [4.69, 9.17) is 5.11 Å². The number of carbonyl (C=O) groups excluding carboxylic acids is 1. The Balaban J connectivity index is 2.14. The highest BCUT2D eigenvalue weighted by atomic mass is 32.2. The lowest BCUT2D eigenvalue weighted by molar-refractivity contribution is -0.137. The van der Waals surface area contributed by atoms with Crippen LogP contribution in [0.25, 0.3) is 0 Å². The first-order valence-corrected chi connectivity index (χ1v) is 8.36. The largest absolute Gasteiger partial charge is 0.481 e. The van der Waals surface area contributed by atoms with Crippen molar-refractivity contribution in [3.63, 3.8) is 0 Å². The average molecular weight is 327 g/mol. The molecule has 0 aromatic heterocycles. The van der Waals surface area contributed by atoms with Gasteiger partial charge in [-0.1, -0.05) is 0 Å². The highest BCUT2D eigenvalue weighted by Gasteiger charge is 2.31. The van der Waals surface area contributed by atoms with E-state index < -0.39 is 16.0 Å². The van der Waals surface area contributed by atoms with E-state index in [1.807, 2.05) is 0 Å². The fraction of sp³-hybridized carbons (Fsp3) is 0.462. The number of allylic oxidation sites excluding steroid dienone is 2. The smallest absolute Gasteiger partial charge is 0.303 e. The molecule has 2 rings (SSSR count). The fourth-order valence-corrected chi connectivity index (χ4v) is 3.14. The van der Waals surface area contributed by atoms with Crippen molar-refractivity contribution in [1.29, 1.82) is 0 Å². The monoisotopic (exact) mass is 327 g/mol. The van der Waals surface area contributed by atoms with Gasteiger partial charge < -0.3 is 14.9 Å². The summed E-state index contributed by atoms with van der Waals surface area (Å²) in [5.41, 5.74) is 0.198. The van der Waals surface area contributed by atoms with Gasteiger partial charge in [0.1, 0.15) is 0 Å². The molecule has 0 aromatic rings. The SMILES string of the molecule is CN(CCCC(=O)O)C(=O)C1=CC=CN2CCS(=O)(=O)N=C12. The first-order valence-electron chi connectivity index (χ1n) is 6.75. The van der Waals surface area contributed by atoms with Crippen LogP contribution in [0.15, 0.2) is 28.3 Å². The Morgan fingerprint density at radius 3 is 2.86 bits per heavy atom. The van der Waals surface area contributed by atoms with E-state index in [0.29, 0.717) is 6.42 Å². The number of rotatable bonds is 5. The normalized spacial score (nSPS) is 19.0. The molecule has 0 bridgehead atoms. The molecule has 1 amide bonds. The van der Waals surface area contributed by atoms with Gasteiger partial charge in [-0.25, -0.2) is 8.42 Å². The molecule has 0 unspecified atom stereocenters. The van der Waals surface area contributed by atoms with Gasteiger partial charge in [0.2, 0.25) is 0 Å². The van der Waals surface area contributed by atoms with Crippen LogP contribution in [0.1, 0.15) is 12.8 Å². The molecule has 9 heteroatoms. The van der Waals surface area contributed by atoms with E-state index in [0.717, 1.165) is 0 Å². The van der Waals surface area contributed by atoms with E-state index in [1.54, 1.807) is 24.2 Å². The number of sulfonamides is 1. The van der Waals surface area contributed by atoms with Gasteiger partial charge >= 0.3 is 5.97 Å². The fourth-order valence-electron chi connectivity index (χ4n) is 2.16. The molecule has 0 saturated heterocycles. The Kier molecular flexibility index (Phi) is 4.65. The summed E-state index contributed by atoms with van der Waals surface area (Å²) in [6.45, 7) is 0.525. The van der Waals surface area contributed by atoms with Crippen molar-refractivity contribution in [2.45, 2.75) is 12.8 Å². The maximum absolute atomic E-state index is 12.4. The second kappa shape index (κ2) is 6.30. The number of likely N-dealkylation sites (N-methyl/N-ethyl adjacent to an activating group) is 1. The number of nitrogens with zero attached hydrogens (tertiary/aromatic N) is 3. The number of amides is 1. The molecule has 0 spiro atoms. The zero-order chi connectivity index (χ0) is 16.3. The lowest BCUT2D eigenvalue weighted by Gasteiger charge is -2.30. The standard InChI is InChI=1S/C13H17N3O5S/c1-15(6-3-5-11(17)18)13(19)10-4-2-7-16-8-9-22(20,21)14-12(10)16/h2,4,7H,3,5-6,8-9H2,1H3,(H,17,18). The van der Waals surface area contributed by atoms with E-state index in [2.05, 4.69) is 4.40 Å². The second-order valence-corrected chi connectivity index (χ2v) is 6.79. The van der Waals surface area contributed by atoms with Crippen LogP contribution in [0.4, 0.5) is 0 Å². The number of aliphatic carboxylic acids is 1. The van der Waals surface area contributed by atoms with Crippen LogP contribution < -0.4 is 0 Å². The molecule has 0 radical (unpaired) electrons. The zero-order valence-corrected chi connectivity index (χ0v) is 12.9. The third-order valence-electron chi connectivity index (χ3n) is 3.32. The van der Waals surface area contributed by atoms with Crippen LogP contribution in [-0.2, 0) is 19.6 Å². The maximum atomic E-state index is 12.4. The number of fused-ring (bicyclic) bond motifs is 1. The number of amidine groups is 1. The number of hydrogen-bond acceptors (Lipinski definition) is 5. The molecule has 2 aliphatic heterocycles. The quantitative estimate of drug-likeness (QED) is 0.750. The minimum Gasteiger partial charge on any atom is -0.481 e. The van der Waals surface area contributed by atoms with Gasteiger partial charge in [0.25, 0.3) is 15.9 Å². The van der Waals surface area contributed by atoms with Crippen LogP contribution in [0, 0.1) is 0 Å².